The molecule has 0 spiro atoms. The van der Waals surface area contributed by atoms with Crippen molar-refractivity contribution in [2.24, 2.45) is 5.92 Å². The minimum Gasteiger partial charge on any atom is -0.309 e. The molecule has 1 aliphatic heterocycles. The monoisotopic (exact) mass is 280 g/mol. The summed E-state index contributed by atoms with van der Waals surface area (Å²) in [5, 5.41) is 3.22. The van der Waals surface area contributed by atoms with Gasteiger partial charge in [0.25, 0.3) is 0 Å². The molecule has 1 aromatic rings. The number of nitrogens with one attached hydrogen (secondary N) is 2. The van der Waals surface area contributed by atoms with Crippen LogP contribution in [0.3, 0.4) is 0 Å². The van der Waals surface area contributed by atoms with Crippen molar-refractivity contribution in [1.29, 1.82) is 0 Å². The van der Waals surface area contributed by atoms with Gasteiger partial charge in [-0.2, -0.15) is 0 Å². The molecule has 2 aliphatic rings. The molecule has 5 heteroatoms. The SMILES string of the molecule is O=S(=O)(NCCCC1CC1)c1ccc2c(c1)CNC2. The normalized spacial score (nSPS) is 18.5. The Labute approximate surface area is 114 Å². The Morgan fingerprint density at radius 2 is 2.00 bits per heavy atom. The minimum atomic E-state index is -3.34. The second-order valence-electron chi connectivity index (χ2n) is 5.52. The summed E-state index contributed by atoms with van der Waals surface area (Å²) in [5.41, 5.74) is 2.30. The van der Waals surface area contributed by atoms with Crippen molar-refractivity contribution in [2.75, 3.05) is 6.54 Å². The van der Waals surface area contributed by atoms with Crippen LogP contribution in [0.2, 0.25) is 0 Å². The van der Waals surface area contributed by atoms with Crippen molar-refractivity contribution in [3.8, 4) is 0 Å². The van der Waals surface area contributed by atoms with E-state index in [-0.39, 0.29) is 0 Å². The van der Waals surface area contributed by atoms with Crippen molar-refractivity contribution in [3.63, 3.8) is 0 Å². The number of benzene rings is 1. The average molecular weight is 280 g/mol. The second kappa shape index (κ2) is 5.23. The maximum absolute atomic E-state index is 12.2. The summed E-state index contributed by atoms with van der Waals surface area (Å²) < 4.78 is 27.0. The third-order valence-corrected chi connectivity index (χ3v) is 5.36. The highest BCUT2D eigenvalue weighted by molar-refractivity contribution is 7.89. The number of hydrogen-bond donors (Lipinski definition) is 2. The predicted molar refractivity (Wildman–Crippen MR) is 74.1 cm³/mol. The molecular weight excluding hydrogens is 260 g/mol. The lowest BCUT2D eigenvalue weighted by Crippen LogP contribution is -2.25. The van der Waals surface area contributed by atoms with Gasteiger partial charge in [0.15, 0.2) is 0 Å². The van der Waals surface area contributed by atoms with Crippen molar-refractivity contribution in [1.82, 2.24) is 10.0 Å². The third-order valence-electron chi connectivity index (χ3n) is 3.90. The Morgan fingerprint density at radius 3 is 2.79 bits per heavy atom. The Kier molecular flexibility index (Phi) is 3.60. The Balaban J connectivity index is 1.62. The Bertz CT molecular complexity index is 565. The van der Waals surface area contributed by atoms with Gasteiger partial charge in [-0.15, -0.1) is 0 Å². The highest BCUT2D eigenvalue weighted by Crippen LogP contribution is 2.33. The summed E-state index contributed by atoms with van der Waals surface area (Å²) >= 11 is 0. The topological polar surface area (TPSA) is 58.2 Å². The van der Waals surface area contributed by atoms with Gasteiger partial charge in [-0.05, 0) is 42.0 Å². The van der Waals surface area contributed by atoms with Crippen molar-refractivity contribution in [3.05, 3.63) is 29.3 Å². The Morgan fingerprint density at radius 1 is 1.21 bits per heavy atom. The fourth-order valence-electron chi connectivity index (χ4n) is 2.53. The highest BCUT2D eigenvalue weighted by Gasteiger charge is 2.21. The molecule has 0 amide bonds. The number of hydrogen-bond acceptors (Lipinski definition) is 3. The van der Waals surface area contributed by atoms with Gasteiger partial charge < -0.3 is 5.32 Å². The van der Waals surface area contributed by atoms with E-state index in [1.807, 2.05) is 6.07 Å². The maximum atomic E-state index is 12.2. The summed E-state index contributed by atoms with van der Waals surface area (Å²) in [6.45, 7) is 2.15. The van der Waals surface area contributed by atoms with Crippen molar-refractivity contribution < 1.29 is 8.42 Å². The summed E-state index contributed by atoms with van der Waals surface area (Å²) in [6.07, 6.45) is 4.74. The summed E-state index contributed by atoms with van der Waals surface area (Å²) in [6, 6.07) is 5.40. The molecule has 0 radical (unpaired) electrons. The van der Waals surface area contributed by atoms with Gasteiger partial charge >= 0.3 is 0 Å². The van der Waals surface area contributed by atoms with Crippen LogP contribution in [-0.4, -0.2) is 15.0 Å². The van der Waals surface area contributed by atoms with E-state index in [0.717, 1.165) is 37.4 Å². The van der Waals surface area contributed by atoms with Gasteiger partial charge in [-0.3, -0.25) is 0 Å². The average Bonchev–Trinajstić information content (AvgIpc) is 3.09. The van der Waals surface area contributed by atoms with Gasteiger partial charge in [0, 0.05) is 19.6 Å². The summed E-state index contributed by atoms with van der Waals surface area (Å²) in [4.78, 5) is 0.390. The van der Waals surface area contributed by atoms with Gasteiger partial charge in [-0.25, -0.2) is 13.1 Å². The van der Waals surface area contributed by atoms with Crippen LogP contribution in [-0.2, 0) is 23.1 Å². The quantitative estimate of drug-likeness (QED) is 0.781. The molecule has 0 unspecified atom stereocenters. The van der Waals surface area contributed by atoms with Crippen LogP contribution in [0.5, 0.6) is 0 Å². The molecule has 3 rings (SSSR count). The number of sulfonamides is 1. The molecular formula is C14H20N2O2S. The van der Waals surface area contributed by atoms with E-state index < -0.39 is 10.0 Å². The fraction of sp³-hybridized carbons (Fsp3) is 0.571. The molecule has 0 aromatic heterocycles. The number of rotatable bonds is 6. The highest BCUT2D eigenvalue weighted by atomic mass is 32.2. The van der Waals surface area contributed by atoms with E-state index in [9.17, 15) is 8.42 Å². The largest absolute Gasteiger partial charge is 0.309 e. The zero-order valence-corrected chi connectivity index (χ0v) is 11.8. The van der Waals surface area contributed by atoms with Crippen LogP contribution in [0.1, 0.15) is 36.8 Å². The fourth-order valence-corrected chi connectivity index (χ4v) is 3.65. The van der Waals surface area contributed by atoms with E-state index in [0.29, 0.717) is 11.4 Å². The first-order valence-corrected chi connectivity index (χ1v) is 8.46. The van der Waals surface area contributed by atoms with E-state index >= 15 is 0 Å². The molecule has 2 N–H and O–H groups in total. The van der Waals surface area contributed by atoms with E-state index in [2.05, 4.69) is 10.0 Å². The van der Waals surface area contributed by atoms with E-state index in [1.54, 1.807) is 12.1 Å². The lowest BCUT2D eigenvalue weighted by molar-refractivity contribution is 0.572. The first-order chi connectivity index (χ1) is 9.15. The summed E-state index contributed by atoms with van der Waals surface area (Å²) in [7, 11) is -3.34. The second-order valence-corrected chi connectivity index (χ2v) is 7.28. The molecule has 0 bridgehead atoms. The molecule has 104 valence electrons. The van der Waals surface area contributed by atoms with Crippen LogP contribution >= 0.6 is 0 Å². The van der Waals surface area contributed by atoms with Crippen molar-refractivity contribution >= 4 is 10.0 Å². The minimum absolute atomic E-state index is 0.390. The van der Waals surface area contributed by atoms with Crippen LogP contribution in [0, 0.1) is 5.92 Å². The van der Waals surface area contributed by atoms with Gasteiger partial charge in [0.1, 0.15) is 0 Å². The zero-order valence-electron chi connectivity index (χ0n) is 11.0. The molecule has 1 aliphatic carbocycles. The van der Waals surface area contributed by atoms with Crippen molar-refractivity contribution in [2.45, 2.75) is 43.7 Å². The maximum Gasteiger partial charge on any atom is 0.240 e. The van der Waals surface area contributed by atoms with Crippen LogP contribution in [0.15, 0.2) is 23.1 Å². The molecule has 19 heavy (non-hydrogen) atoms. The van der Waals surface area contributed by atoms with Gasteiger partial charge in [0.2, 0.25) is 10.0 Å². The molecule has 1 saturated carbocycles. The lowest BCUT2D eigenvalue weighted by atomic mass is 10.1. The first kappa shape index (κ1) is 13.1. The molecule has 0 atom stereocenters. The summed E-state index contributed by atoms with van der Waals surface area (Å²) in [5.74, 6) is 0.857. The van der Waals surface area contributed by atoms with Crippen LogP contribution in [0.25, 0.3) is 0 Å². The molecule has 1 fully saturated rings. The molecule has 1 heterocycles. The third kappa shape index (κ3) is 3.16. The first-order valence-electron chi connectivity index (χ1n) is 6.97. The van der Waals surface area contributed by atoms with Gasteiger partial charge in [0.05, 0.1) is 4.90 Å². The van der Waals surface area contributed by atoms with E-state index in [1.165, 1.54) is 18.4 Å². The van der Waals surface area contributed by atoms with Crippen LogP contribution in [0.4, 0.5) is 0 Å². The molecule has 4 nitrogen and oxygen atoms in total. The standard InChI is InChI=1S/C14H20N2O2S/c17-19(18,16-7-1-2-11-3-4-11)14-6-5-12-9-15-10-13(12)8-14/h5-6,8,11,15-16H,1-4,7,9-10H2. The zero-order chi connectivity index (χ0) is 13.3. The van der Waals surface area contributed by atoms with Crippen LogP contribution < -0.4 is 10.0 Å². The van der Waals surface area contributed by atoms with E-state index in [4.69, 9.17) is 0 Å². The predicted octanol–water partition coefficient (Wildman–Crippen LogP) is 1.76. The smallest absolute Gasteiger partial charge is 0.240 e. The molecule has 1 aromatic carbocycles. The Hall–Kier alpha value is -0.910. The number of fused-ring (bicyclic) bond motifs is 1. The van der Waals surface area contributed by atoms with Gasteiger partial charge in [-0.1, -0.05) is 18.9 Å². The lowest BCUT2D eigenvalue weighted by Gasteiger charge is -2.08. The molecule has 0 saturated heterocycles.